The van der Waals surface area contributed by atoms with Crippen LogP contribution in [0.15, 0.2) is 54.6 Å². The van der Waals surface area contributed by atoms with Crippen molar-refractivity contribution in [1.82, 2.24) is 4.90 Å². The van der Waals surface area contributed by atoms with Crippen molar-refractivity contribution >= 4 is 21.8 Å². The maximum atomic E-state index is 13.2. The van der Waals surface area contributed by atoms with Gasteiger partial charge in [0, 0.05) is 18.7 Å². The van der Waals surface area contributed by atoms with Crippen molar-refractivity contribution in [3.63, 3.8) is 0 Å². The van der Waals surface area contributed by atoms with Crippen LogP contribution in [0.3, 0.4) is 0 Å². The summed E-state index contributed by atoms with van der Waals surface area (Å²) in [4.78, 5) is 14.9. The fourth-order valence-corrected chi connectivity index (χ4v) is 5.70. The quantitative estimate of drug-likeness (QED) is 0.555. The fourth-order valence-electron chi connectivity index (χ4n) is 3.97. The maximum absolute atomic E-state index is 13.2. The van der Waals surface area contributed by atoms with Crippen molar-refractivity contribution in [3.05, 3.63) is 76.9 Å². The zero-order chi connectivity index (χ0) is 23.5. The van der Waals surface area contributed by atoms with Gasteiger partial charge in [0.15, 0.2) is 9.84 Å². The molecule has 1 atom stereocenters. The SMILES string of the molecule is CC(C)c1ccc(CN(C(=O)C=Cc2ccc(C(C)(C)C)cc2)C2CCS(=O)(=O)C2)cc1. The molecule has 1 heterocycles. The van der Waals surface area contributed by atoms with E-state index in [4.69, 9.17) is 0 Å². The third kappa shape index (κ3) is 6.32. The first-order chi connectivity index (χ1) is 14.9. The van der Waals surface area contributed by atoms with Gasteiger partial charge in [0.25, 0.3) is 0 Å². The van der Waals surface area contributed by atoms with E-state index in [-0.39, 0.29) is 28.9 Å². The number of sulfone groups is 1. The number of benzene rings is 2. The third-order valence-corrected chi connectivity index (χ3v) is 7.88. The summed E-state index contributed by atoms with van der Waals surface area (Å²) < 4.78 is 24.2. The molecule has 0 spiro atoms. The minimum absolute atomic E-state index is 0.0386. The predicted molar refractivity (Wildman–Crippen MR) is 132 cm³/mol. The van der Waals surface area contributed by atoms with Gasteiger partial charge in [0.05, 0.1) is 11.5 Å². The van der Waals surface area contributed by atoms with Crippen LogP contribution in [0.4, 0.5) is 0 Å². The molecule has 0 radical (unpaired) electrons. The molecule has 0 aromatic heterocycles. The van der Waals surface area contributed by atoms with Crippen molar-refractivity contribution in [1.29, 1.82) is 0 Å². The molecule has 2 aromatic rings. The summed E-state index contributed by atoms with van der Waals surface area (Å²) in [7, 11) is -3.09. The molecule has 32 heavy (non-hydrogen) atoms. The van der Waals surface area contributed by atoms with Crippen LogP contribution in [0, 0.1) is 0 Å². The molecule has 1 aliphatic rings. The van der Waals surface area contributed by atoms with Gasteiger partial charge in [-0.1, -0.05) is 83.1 Å². The number of amides is 1. The molecule has 1 aliphatic heterocycles. The van der Waals surface area contributed by atoms with E-state index >= 15 is 0 Å². The highest BCUT2D eigenvalue weighted by Gasteiger charge is 2.34. The molecule has 172 valence electrons. The zero-order valence-electron chi connectivity index (χ0n) is 19.8. The van der Waals surface area contributed by atoms with Gasteiger partial charge in [-0.15, -0.1) is 0 Å². The predicted octanol–water partition coefficient (Wildman–Crippen LogP) is 5.34. The number of carbonyl (C=O) groups excluding carboxylic acids is 1. The fraction of sp³-hybridized carbons (Fsp3) is 0.444. The minimum atomic E-state index is -3.09. The zero-order valence-corrected chi connectivity index (χ0v) is 20.7. The van der Waals surface area contributed by atoms with Crippen LogP contribution in [-0.2, 0) is 26.6 Å². The van der Waals surface area contributed by atoms with E-state index in [1.165, 1.54) is 11.1 Å². The van der Waals surface area contributed by atoms with Gasteiger partial charge in [0.1, 0.15) is 0 Å². The highest BCUT2D eigenvalue weighted by atomic mass is 32.2. The van der Waals surface area contributed by atoms with Crippen molar-refractivity contribution in [2.45, 2.75) is 65.0 Å². The number of rotatable bonds is 6. The largest absolute Gasteiger partial charge is 0.331 e. The number of nitrogens with zero attached hydrogens (tertiary/aromatic N) is 1. The molecule has 0 saturated carbocycles. The minimum Gasteiger partial charge on any atom is -0.331 e. The monoisotopic (exact) mass is 453 g/mol. The molecule has 0 N–H and O–H groups in total. The van der Waals surface area contributed by atoms with Gasteiger partial charge in [-0.3, -0.25) is 4.79 Å². The Morgan fingerprint density at radius 1 is 1.06 bits per heavy atom. The van der Waals surface area contributed by atoms with Crippen LogP contribution in [0.5, 0.6) is 0 Å². The lowest BCUT2D eigenvalue weighted by Gasteiger charge is -2.27. The standard InChI is InChI=1S/C27H35NO3S/c1-20(2)23-11-6-22(7-12-23)18-28(25-16-17-32(30,31)19-25)26(29)15-10-21-8-13-24(14-9-21)27(3,4)5/h6-15,20,25H,16-19H2,1-5H3. The summed E-state index contributed by atoms with van der Waals surface area (Å²) in [5, 5.41) is 0. The lowest BCUT2D eigenvalue weighted by Crippen LogP contribution is -2.39. The number of carbonyl (C=O) groups is 1. The van der Waals surface area contributed by atoms with Crippen LogP contribution in [-0.4, -0.2) is 36.8 Å². The van der Waals surface area contributed by atoms with E-state index in [1.807, 2.05) is 30.3 Å². The van der Waals surface area contributed by atoms with Crippen molar-refractivity contribution < 1.29 is 13.2 Å². The molecule has 5 heteroatoms. The van der Waals surface area contributed by atoms with Crippen LogP contribution in [0.1, 0.15) is 69.2 Å². The van der Waals surface area contributed by atoms with Crippen LogP contribution >= 0.6 is 0 Å². The van der Waals surface area contributed by atoms with E-state index in [0.717, 1.165) is 11.1 Å². The molecule has 1 unspecified atom stereocenters. The topological polar surface area (TPSA) is 54.5 Å². The molecule has 0 aliphatic carbocycles. The maximum Gasteiger partial charge on any atom is 0.247 e. The Balaban J connectivity index is 1.79. The first-order valence-electron chi connectivity index (χ1n) is 11.3. The highest BCUT2D eigenvalue weighted by Crippen LogP contribution is 2.24. The molecule has 3 rings (SSSR count). The first kappa shape index (κ1) is 24.2. The normalized spacial score (nSPS) is 18.4. The van der Waals surface area contributed by atoms with Gasteiger partial charge >= 0.3 is 0 Å². The van der Waals surface area contributed by atoms with Crippen molar-refractivity contribution in [3.8, 4) is 0 Å². The van der Waals surface area contributed by atoms with Crippen LogP contribution < -0.4 is 0 Å². The highest BCUT2D eigenvalue weighted by molar-refractivity contribution is 7.91. The van der Waals surface area contributed by atoms with E-state index < -0.39 is 9.84 Å². The van der Waals surface area contributed by atoms with E-state index in [0.29, 0.717) is 18.9 Å². The second-order valence-electron chi connectivity index (χ2n) is 10.1. The average molecular weight is 454 g/mol. The van der Waals surface area contributed by atoms with E-state index in [9.17, 15) is 13.2 Å². The third-order valence-electron chi connectivity index (χ3n) is 6.13. The van der Waals surface area contributed by atoms with Gasteiger partial charge in [-0.05, 0) is 46.1 Å². The summed E-state index contributed by atoms with van der Waals surface area (Å²) in [6.45, 7) is 11.2. The van der Waals surface area contributed by atoms with E-state index in [1.54, 1.807) is 11.0 Å². The second kappa shape index (κ2) is 9.62. The second-order valence-corrected chi connectivity index (χ2v) is 12.4. The Kier molecular flexibility index (Phi) is 7.29. The number of hydrogen-bond acceptors (Lipinski definition) is 3. The van der Waals surface area contributed by atoms with Gasteiger partial charge in [-0.25, -0.2) is 8.42 Å². The Bertz CT molecular complexity index is 1060. The molecule has 4 nitrogen and oxygen atoms in total. The van der Waals surface area contributed by atoms with Crippen LogP contribution in [0.25, 0.3) is 6.08 Å². The smallest absolute Gasteiger partial charge is 0.247 e. The summed E-state index contributed by atoms with van der Waals surface area (Å²) in [5.74, 6) is 0.470. The molecular weight excluding hydrogens is 418 g/mol. The lowest BCUT2D eigenvalue weighted by molar-refractivity contribution is -0.128. The Morgan fingerprint density at radius 3 is 2.19 bits per heavy atom. The Labute approximate surface area is 193 Å². The Morgan fingerprint density at radius 2 is 1.69 bits per heavy atom. The van der Waals surface area contributed by atoms with Crippen molar-refractivity contribution in [2.75, 3.05) is 11.5 Å². The summed E-state index contributed by atoms with van der Waals surface area (Å²) in [6, 6.07) is 16.1. The molecule has 1 amide bonds. The van der Waals surface area contributed by atoms with Crippen molar-refractivity contribution in [2.24, 2.45) is 0 Å². The molecule has 1 fully saturated rings. The first-order valence-corrected chi connectivity index (χ1v) is 13.2. The number of hydrogen-bond donors (Lipinski definition) is 0. The molecule has 0 bridgehead atoms. The van der Waals surface area contributed by atoms with Gasteiger partial charge in [-0.2, -0.15) is 0 Å². The summed E-state index contributed by atoms with van der Waals surface area (Å²) >= 11 is 0. The summed E-state index contributed by atoms with van der Waals surface area (Å²) in [6.07, 6.45) is 3.87. The van der Waals surface area contributed by atoms with Gasteiger partial charge in [0.2, 0.25) is 5.91 Å². The Hall–Kier alpha value is -2.40. The van der Waals surface area contributed by atoms with Crippen LogP contribution in [0.2, 0.25) is 0 Å². The summed E-state index contributed by atoms with van der Waals surface area (Å²) in [5.41, 5.74) is 4.52. The van der Waals surface area contributed by atoms with Gasteiger partial charge < -0.3 is 4.90 Å². The molecule has 2 aromatic carbocycles. The lowest BCUT2D eigenvalue weighted by atomic mass is 9.87. The molecule has 1 saturated heterocycles. The average Bonchev–Trinajstić information content (AvgIpc) is 3.09. The molecular formula is C27H35NO3S. The van der Waals surface area contributed by atoms with E-state index in [2.05, 4.69) is 58.9 Å².